The van der Waals surface area contributed by atoms with Crippen LogP contribution in [0, 0.1) is 0 Å². The molecule has 52 heavy (non-hydrogen) atoms. The highest BCUT2D eigenvalue weighted by molar-refractivity contribution is 7.60. The molecule has 2 N–H and O–H groups in total. The largest absolute Gasteiger partial charge is 0.467 e. The lowest BCUT2D eigenvalue weighted by Crippen LogP contribution is -2.39. The molecule has 0 bridgehead atoms. The van der Waals surface area contributed by atoms with Gasteiger partial charge in [-0.2, -0.15) is 0 Å². The summed E-state index contributed by atoms with van der Waals surface area (Å²) in [7, 11) is 2.12. The van der Waals surface area contributed by atoms with Gasteiger partial charge in [-0.25, -0.2) is 9.59 Å². The lowest BCUT2D eigenvalue weighted by molar-refractivity contribution is -0.143. The van der Waals surface area contributed by atoms with Crippen LogP contribution in [0.3, 0.4) is 0 Å². The molecule has 1 saturated heterocycles. The molecule has 10 nitrogen and oxygen atoms in total. The van der Waals surface area contributed by atoms with Crippen molar-refractivity contribution in [3.8, 4) is 0 Å². The third-order valence-corrected chi connectivity index (χ3v) is 16.9. The number of hydrogen-bond donors (Lipinski definition) is 2. The van der Waals surface area contributed by atoms with Crippen molar-refractivity contribution in [1.82, 2.24) is 20.4 Å². The molecule has 0 spiro atoms. The Hall–Kier alpha value is -2.90. The van der Waals surface area contributed by atoms with E-state index < -0.39 is 24.0 Å². The van der Waals surface area contributed by atoms with Crippen molar-refractivity contribution in [2.45, 2.75) is 115 Å². The zero-order valence-electron chi connectivity index (χ0n) is 31.5. The molecule has 2 saturated carbocycles. The molecule has 0 unspecified atom stereocenters. The summed E-state index contributed by atoms with van der Waals surface area (Å²) in [6.45, 7) is 5.03. The maximum absolute atomic E-state index is 12.8. The summed E-state index contributed by atoms with van der Waals surface area (Å²) >= 11 is 0. The first-order valence-electron chi connectivity index (χ1n) is 19.0. The van der Waals surface area contributed by atoms with Crippen LogP contribution in [-0.4, -0.2) is 96.3 Å². The number of nitrogens with one attached hydrogen (secondary N) is 2. The number of methoxy groups -OCH3 is 2. The van der Waals surface area contributed by atoms with Crippen LogP contribution in [0.25, 0.3) is 0 Å². The molecule has 3 fully saturated rings. The maximum atomic E-state index is 12.8. The van der Waals surface area contributed by atoms with E-state index in [-0.39, 0.29) is 27.7 Å². The molecule has 5 rings (SSSR count). The van der Waals surface area contributed by atoms with Crippen molar-refractivity contribution in [2.75, 3.05) is 39.4 Å². The van der Waals surface area contributed by atoms with Crippen LogP contribution in [0.5, 0.6) is 0 Å². The van der Waals surface area contributed by atoms with Crippen LogP contribution in [0.1, 0.15) is 110 Å². The molecule has 3 aliphatic rings. The van der Waals surface area contributed by atoms with Gasteiger partial charge in [0.2, 0.25) is 0 Å². The van der Waals surface area contributed by atoms with Gasteiger partial charge in [-0.1, -0.05) is 78.6 Å². The first-order valence-corrected chi connectivity index (χ1v) is 22.6. The molecule has 2 aromatic carbocycles. The van der Waals surface area contributed by atoms with Crippen LogP contribution >= 0.6 is 15.8 Å². The standard InChI is InChI=1S/C40H58N4O6P2/c1-29(39(47)49-3)41-37(45)33-19-15-31(16-20-33)23-43-25-51(35-11-7-5-8-12-35)27-44(28-52(26-43)36-13-9-6-10-14-36)24-32-17-21-34(22-18-32)38(46)42-30(2)40(48)50-4/h15-22,29-30,35-36H,5-14,23-28H2,1-4H3,(H,41,45)(H,42,46)/t29-,30-,51?,52?/m0/s1. The van der Waals surface area contributed by atoms with Gasteiger partial charge in [0.1, 0.15) is 12.1 Å². The van der Waals surface area contributed by atoms with E-state index in [0.29, 0.717) is 11.1 Å². The second kappa shape index (κ2) is 20.0. The number of hydrogen-bond acceptors (Lipinski definition) is 8. The Morgan fingerprint density at radius 2 is 0.923 bits per heavy atom. The minimum Gasteiger partial charge on any atom is -0.467 e. The van der Waals surface area contributed by atoms with Gasteiger partial charge in [-0.05, 0) is 86.2 Å². The van der Waals surface area contributed by atoms with E-state index in [9.17, 15) is 19.2 Å². The quantitative estimate of drug-likeness (QED) is 0.175. The van der Waals surface area contributed by atoms with Crippen molar-refractivity contribution < 1.29 is 28.7 Å². The molecule has 2 atom stereocenters. The predicted octanol–water partition coefficient (Wildman–Crippen LogP) is 7.05. The average molecular weight is 753 g/mol. The summed E-state index contributed by atoms with van der Waals surface area (Å²) in [4.78, 5) is 54.8. The average Bonchev–Trinajstić information content (AvgIpc) is 3.16. The van der Waals surface area contributed by atoms with Crippen molar-refractivity contribution in [3.05, 3.63) is 70.8 Å². The Balaban J connectivity index is 1.31. The third-order valence-electron chi connectivity index (χ3n) is 10.8. The number of rotatable bonds is 12. The number of benzene rings is 2. The minimum atomic E-state index is -0.704. The highest BCUT2D eigenvalue weighted by atomic mass is 31.1. The van der Waals surface area contributed by atoms with Gasteiger partial charge >= 0.3 is 11.9 Å². The molecule has 1 heterocycles. The summed E-state index contributed by atoms with van der Waals surface area (Å²) in [5.74, 6) is -1.47. The monoisotopic (exact) mass is 752 g/mol. The molecule has 1 aliphatic heterocycles. The number of esters is 2. The fourth-order valence-corrected chi connectivity index (χ4v) is 14.3. The molecule has 2 aliphatic carbocycles. The van der Waals surface area contributed by atoms with Gasteiger partial charge in [-0.15, -0.1) is 0 Å². The number of amides is 2. The Bertz CT molecular complexity index is 1360. The van der Waals surface area contributed by atoms with E-state index in [1.165, 1.54) is 89.6 Å². The Morgan fingerprint density at radius 3 is 1.23 bits per heavy atom. The van der Waals surface area contributed by atoms with E-state index >= 15 is 0 Å². The van der Waals surface area contributed by atoms with Gasteiger partial charge in [0.15, 0.2) is 0 Å². The SMILES string of the molecule is COC(=O)[C@H](C)NC(=O)c1ccc(CN2CP(C3CCCCC3)CN(Cc3ccc(C(=O)N[C@@H](C)C(=O)OC)cc3)CP(C3CCCCC3)C2)cc1. The smallest absolute Gasteiger partial charge is 0.328 e. The molecule has 0 aromatic heterocycles. The highest BCUT2D eigenvalue weighted by Crippen LogP contribution is 2.56. The van der Waals surface area contributed by atoms with Crippen LogP contribution < -0.4 is 10.6 Å². The summed E-state index contributed by atoms with van der Waals surface area (Å²) in [5, 5.41) is 5.46. The summed E-state index contributed by atoms with van der Waals surface area (Å²) in [6.07, 6.45) is 17.9. The van der Waals surface area contributed by atoms with Crippen LogP contribution in [0.4, 0.5) is 0 Å². The topological polar surface area (TPSA) is 117 Å². The fraction of sp³-hybridized carbons (Fsp3) is 0.600. The first-order chi connectivity index (χ1) is 25.1. The van der Waals surface area contributed by atoms with Gasteiger partial charge in [0.05, 0.1) is 14.2 Å². The minimum absolute atomic E-state index is 0.264. The molecule has 12 heteroatoms. The zero-order chi connectivity index (χ0) is 37.0. The van der Waals surface area contributed by atoms with Crippen LogP contribution in [0.2, 0.25) is 0 Å². The first kappa shape index (κ1) is 40.3. The summed E-state index contributed by atoms with van der Waals surface area (Å²) < 4.78 is 9.52. The van der Waals surface area contributed by atoms with Gasteiger partial charge in [-0.3, -0.25) is 19.4 Å². The van der Waals surface area contributed by atoms with Crippen molar-refractivity contribution in [3.63, 3.8) is 0 Å². The maximum Gasteiger partial charge on any atom is 0.328 e. The van der Waals surface area contributed by atoms with E-state index in [4.69, 9.17) is 9.47 Å². The molecular weight excluding hydrogens is 694 g/mol. The fourth-order valence-electron chi connectivity index (χ4n) is 7.83. The van der Waals surface area contributed by atoms with Gasteiger partial charge in [0, 0.05) is 49.4 Å². The molecular formula is C40H58N4O6P2. The second-order valence-corrected chi connectivity index (χ2v) is 19.8. The highest BCUT2D eigenvalue weighted by Gasteiger charge is 2.34. The Labute approximate surface area is 312 Å². The molecule has 2 aromatic rings. The normalized spacial score (nSPS) is 22.3. The molecule has 284 valence electrons. The van der Waals surface area contributed by atoms with Crippen molar-refractivity contribution in [1.29, 1.82) is 0 Å². The second-order valence-electron chi connectivity index (χ2n) is 14.8. The Kier molecular flexibility index (Phi) is 15.5. The Morgan fingerprint density at radius 1 is 0.596 bits per heavy atom. The van der Waals surface area contributed by atoms with Crippen molar-refractivity contribution >= 4 is 39.6 Å². The zero-order valence-corrected chi connectivity index (χ0v) is 33.3. The molecule has 2 amide bonds. The number of carbonyl (C=O) groups excluding carboxylic acids is 4. The van der Waals surface area contributed by atoms with E-state index in [2.05, 4.69) is 44.7 Å². The third kappa shape index (κ3) is 11.5. The van der Waals surface area contributed by atoms with Crippen LogP contribution in [-0.2, 0) is 32.2 Å². The lowest BCUT2D eigenvalue weighted by atomic mass is 10.0. The van der Waals surface area contributed by atoms with Gasteiger partial charge in [0.25, 0.3) is 11.8 Å². The molecule has 0 radical (unpaired) electrons. The van der Waals surface area contributed by atoms with Gasteiger partial charge < -0.3 is 20.1 Å². The van der Waals surface area contributed by atoms with E-state index in [1.807, 2.05) is 24.3 Å². The van der Waals surface area contributed by atoms with Crippen LogP contribution in [0.15, 0.2) is 48.5 Å². The van der Waals surface area contributed by atoms with E-state index in [1.54, 1.807) is 13.8 Å². The van der Waals surface area contributed by atoms with Crippen molar-refractivity contribution in [2.24, 2.45) is 0 Å². The lowest BCUT2D eigenvalue weighted by Gasteiger charge is -2.45. The number of carbonyl (C=O) groups is 4. The van der Waals surface area contributed by atoms with E-state index in [0.717, 1.165) is 49.6 Å². The number of ether oxygens (including phenoxy) is 2. The summed E-state index contributed by atoms with van der Waals surface area (Å²) in [5.41, 5.74) is 5.08. The predicted molar refractivity (Wildman–Crippen MR) is 209 cm³/mol. The number of nitrogens with zero attached hydrogens (tertiary/aromatic N) is 2. The summed E-state index contributed by atoms with van der Waals surface area (Å²) in [6, 6.07) is 14.4.